The van der Waals surface area contributed by atoms with Gasteiger partial charge in [-0.15, -0.1) is 5.10 Å². The number of rotatable bonds is 6. The van der Waals surface area contributed by atoms with Gasteiger partial charge in [0.2, 0.25) is 0 Å². The van der Waals surface area contributed by atoms with Gasteiger partial charge in [-0.2, -0.15) is 5.10 Å². The van der Waals surface area contributed by atoms with Gasteiger partial charge >= 0.3 is 5.97 Å². The van der Waals surface area contributed by atoms with Crippen LogP contribution in [0, 0.1) is 5.92 Å². The molecule has 0 radical (unpaired) electrons. The van der Waals surface area contributed by atoms with Gasteiger partial charge in [0.1, 0.15) is 5.56 Å². The summed E-state index contributed by atoms with van der Waals surface area (Å²) in [6, 6.07) is 0. The molecule has 110 valence electrons. The van der Waals surface area contributed by atoms with Crippen LogP contribution < -0.4 is 5.32 Å². The molecule has 0 atom stereocenters. The third-order valence-electron chi connectivity index (χ3n) is 4.10. The number of anilines is 1. The zero-order valence-corrected chi connectivity index (χ0v) is 12.7. The Balaban J connectivity index is 2.44. The number of nitrogens with zero attached hydrogens (tertiary/aromatic N) is 2. The first-order valence-electron chi connectivity index (χ1n) is 7.30. The monoisotopic (exact) mass is 277 g/mol. The highest BCUT2D eigenvalue weighted by Crippen LogP contribution is 2.41. The summed E-state index contributed by atoms with van der Waals surface area (Å²) in [6.07, 6.45) is 3.72. The predicted molar refractivity (Wildman–Crippen MR) is 78.2 cm³/mol. The van der Waals surface area contributed by atoms with Gasteiger partial charge in [0.15, 0.2) is 5.82 Å². The lowest BCUT2D eigenvalue weighted by Gasteiger charge is -2.28. The lowest BCUT2D eigenvalue weighted by molar-refractivity contribution is 0.0696. The highest BCUT2D eigenvalue weighted by molar-refractivity contribution is 5.95. The number of aromatic carboxylic acids is 1. The molecule has 0 unspecified atom stereocenters. The van der Waals surface area contributed by atoms with Crippen LogP contribution in [0.15, 0.2) is 0 Å². The van der Waals surface area contributed by atoms with Gasteiger partial charge in [-0.05, 0) is 51.0 Å². The fraction of sp³-hybridized carbons (Fsp3) is 0.667. The van der Waals surface area contributed by atoms with E-state index in [4.69, 9.17) is 0 Å². The van der Waals surface area contributed by atoms with Crippen LogP contribution in [0.1, 0.15) is 62.2 Å². The van der Waals surface area contributed by atoms with Crippen LogP contribution in [-0.4, -0.2) is 26.8 Å². The van der Waals surface area contributed by atoms with Crippen LogP contribution in [0.4, 0.5) is 5.82 Å². The smallest absolute Gasteiger partial charge is 0.339 e. The number of hydrogen-bond donors (Lipinski definition) is 2. The molecule has 0 bridgehead atoms. The van der Waals surface area contributed by atoms with Crippen LogP contribution in [0.5, 0.6) is 0 Å². The summed E-state index contributed by atoms with van der Waals surface area (Å²) >= 11 is 0. The summed E-state index contributed by atoms with van der Waals surface area (Å²) in [7, 11) is 0. The maximum atomic E-state index is 11.6. The number of nitrogens with one attached hydrogen (secondary N) is 1. The van der Waals surface area contributed by atoms with Crippen molar-refractivity contribution in [2.24, 2.45) is 5.92 Å². The van der Waals surface area contributed by atoms with E-state index in [0.717, 1.165) is 11.3 Å². The van der Waals surface area contributed by atoms with Gasteiger partial charge in [0, 0.05) is 5.54 Å². The molecule has 1 saturated carbocycles. The Morgan fingerprint density at radius 3 is 2.40 bits per heavy atom. The maximum Gasteiger partial charge on any atom is 0.339 e. The number of carboxylic acids is 1. The number of carboxylic acid groups (broad SMARTS) is 1. The molecule has 1 aliphatic carbocycles. The van der Waals surface area contributed by atoms with E-state index < -0.39 is 5.97 Å². The SMILES string of the molecule is CCc1nnc(NC(C)(C)C2CC2)c(C(=O)O)c1CC. The van der Waals surface area contributed by atoms with Crippen molar-refractivity contribution < 1.29 is 9.90 Å². The Labute approximate surface area is 119 Å². The minimum Gasteiger partial charge on any atom is -0.478 e. The molecule has 20 heavy (non-hydrogen) atoms. The lowest BCUT2D eigenvalue weighted by Crippen LogP contribution is -2.35. The number of hydrogen-bond acceptors (Lipinski definition) is 4. The summed E-state index contributed by atoms with van der Waals surface area (Å²) in [6.45, 7) is 8.11. The van der Waals surface area contributed by atoms with E-state index in [1.165, 1.54) is 12.8 Å². The minimum absolute atomic E-state index is 0.141. The molecule has 1 aliphatic rings. The second-order valence-corrected chi connectivity index (χ2v) is 5.98. The number of aromatic nitrogens is 2. The fourth-order valence-electron chi connectivity index (χ4n) is 2.70. The average molecular weight is 277 g/mol. The van der Waals surface area contributed by atoms with E-state index in [1.54, 1.807) is 0 Å². The molecular formula is C15H23N3O2. The van der Waals surface area contributed by atoms with Crippen LogP contribution in [0.25, 0.3) is 0 Å². The predicted octanol–water partition coefficient (Wildman–Crippen LogP) is 2.90. The molecule has 0 amide bonds. The third-order valence-corrected chi connectivity index (χ3v) is 4.10. The van der Waals surface area contributed by atoms with Crippen molar-refractivity contribution in [3.8, 4) is 0 Å². The van der Waals surface area contributed by atoms with Crippen LogP contribution in [0.3, 0.4) is 0 Å². The van der Waals surface area contributed by atoms with Crippen molar-refractivity contribution in [1.29, 1.82) is 0 Å². The van der Waals surface area contributed by atoms with Crippen molar-refractivity contribution in [3.05, 3.63) is 16.8 Å². The van der Waals surface area contributed by atoms with Crippen LogP contribution in [0.2, 0.25) is 0 Å². The average Bonchev–Trinajstić information content (AvgIpc) is 3.21. The standard InChI is InChI=1S/C15H23N3O2/c1-5-10-11(6-2)17-18-13(12(10)14(19)20)16-15(3,4)9-7-8-9/h9H,5-8H2,1-4H3,(H,16,18)(H,19,20). The van der Waals surface area contributed by atoms with Crippen LogP contribution >= 0.6 is 0 Å². The molecule has 5 heteroatoms. The van der Waals surface area contributed by atoms with Crippen molar-refractivity contribution in [1.82, 2.24) is 10.2 Å². The summed E-state index contributed by atoms with van der Waals surface area (Å²) in [5.41, 5.74) is 1.72. The van der Waals surface area contributed by atoms with Crippen molar-refractivity contribution in [2.75, 3.05) is 5.32 Å². The molecule has 2 N–H and O–H groups in total. The molecule has 1 aromatic heterocycles. The topological polar surface area (TPSA) is 75.1 Å². The van der Waals surface area contributed by atoms with Crippen molar-refractivity contribution >= 4 is 11.8 Å². The summed E-state index contributed by atoms with van der Waals surface area (Å²) in [5, 5.41) is 21.2. The molecule has 2 rings (SSSR count). The third kappa shape index (κ3) is 2.76. The van der Waals surface area contributed by atoms with Gasteiger partial charge < -0.3 is 10.4 Å². The molecule has 1 heterocycles. The van der Waals surface area contributed by atoms with E-state index in [1.807, 2.05) is 13.8 Å². The summed E-state index contributed by atoms with van der Waals surface area (Å²) in [4.78, 5) is 11.6. The first-order valence-corrected chi connectivity index (χ1v) is 7.30. The van der Waals surface area contributed by atoms with Crippen molar-refractivity contribution in [2.45, 2.75) is 58.9 Å². The van der Waals surface area contributed by atoms with E-state index in [9.17, 15) is 9.90 Å². The second kappa shape index (κ2) is 5.38. The summed E-state index contributed by atoms with van der Waals surface area (Å²) in [5.74, 6) is 0.0610. The maximum absolute atomic E-state index is 11.6. The Kier molecular flexibility index (Phi) is 3.97. The van der Waals surface area contributed by atoms with E-state index in [2.05, 4.69) is 29.4 Å². The summed E-state index contributed by atoms with van der Waals surface area (Å²) < 4.78 is 0. The second-order valence-electron chi connectivity index (χ2n) is 5.98. The van der Waals surface area contributed by atoms with E-state index in [0.29, 0.717) is 24.6 Å². The molecule has 0 aliphatic heterocycles. The highest BCUT2D eigenvalue weighted by atomic mass is 16.4. The Bertz CT molecular complexity index is 522. The van der Waals surface area contributed by atoms with Gasteiger partial charge in [-0.3, -0.25) is 0 Å². The molecular weight excluding hydrogens is 254 g/mol. The largest absolute Gasteiger partial charge is 0.478 e. The first-order chi connectivity index (χ1) is 9.40. The first kappa shape index (κ1) is 14.8. The van der Waals surface area contributed by atoms with Gasteiger partial charge in [0.05, 0.1) is 5.69 Å². The molecule has 1 aromatic rings. The van der Waals surface area contributed by atoms with E-state index >= 15 is 0 Å². The molecule has 5 nitrogen and oxygen atoms in total. The quantitative estimate of drug-likeness (QED) is 0.836. The normalized spacial score (nSPS) is 15.2. The zero-order valence-electron chi connectivity index (χ0n) is 12.7. The van der Waals surface area contributed by atoms with Gasteiger partial charge in [-0.1, -0.05) is 13.8 Å². The lowest BCUT2D eigenvalue weighted by atomic mass is 9.97. The van der Waals surface area contributed by atoms with Crippen molar-refractivity contribution in [3.63, 3.8) is 0 Å². The molecule has 1 fully saturated rings. The van der Waals surface area contributed by atoms with Crippen LogP contribution in [-0.2, 0) is 12.8 Å². The Morgan fingerprint density at radius 1 is 1.30 bits per heavy atom. The van der Waals surface area contributed by atoms with Gasteiger partial charge in [0.25, 0.3) is 0 Å². The fourth-order valence-corrected chi connectivity index (χ4v) is 2.70. The zero-order chi connectivity index (χ0) is 14.9. The van der Waals surface area contributed by atoms with Gasteiger partial charge in [-0.25, -0.2) is 4.79 Å². The molecule has 0 saturated heterocycles. The molecule has 0 spiro atoms. The Morgan fingerprint density at radius 2 is 1.95 bits per heavy atom. The highest BCUT2D eigenvalue weighted by Gasteiger charge is 2.39. The Hall–Kier alpha value is -1.65. The molecule has 0 aromatic carbocycles. The van der Waals surface area contributed by atoms with E-state index in [-0.39, 0.29) is 11.1 Å². The number of aryl methyl sites for hydroxylation is 1. The number of carbonyl (C=O) groups is 1. The minimum atomic E-state index is -0.930.